The molecule has 0 saturated carbocycles. The van der Waals surface area contributed by atoms with E-state index in [0.717, 1.165) is 10.2 Å². The van der Waals surface area contributed by atoms with Crippen LogP contribution in [-0.4, -0.2) is 15.6 Å². The molecule has 2 aromatic rings. The average molecular weight is 301 g/mol. The van der Waals surface area contributed by atoms with E-state index in [4.69, 9.17) is 16.7 Å². The molecule has 0 unspecified atom stereocenters. The summed E-state index contributed by atoms with van der Waals surface area (Å²) in [6.45, 7) is 0. The number of carbonyl (C=O) groups is 1. The number of hydrogen-bond donors (Lipinski definition) is 1. The quantitative estimate of drug-likeness (QED) is 0.921. The average Bonchev–Trinajstić information content (AvgIpc) is 2.71. The van der Waals surface area contributed by atoms with E-state index in [0.29, 0.717) is 5.02 Å². The first-order valence-electron chi connectivity index (χ1n) is 4.45. The fourth-order valence-electron chi connectivity index (χ4n) is 1.42. The largest absolute Gasteiger partial charge is 0.477 e. The number of halogens is 2. The Bertz CT molecular complexity index is 551. The lowest BCUT2D eigenvalue weighted by Gasteiger charge is -2.07. The third kappa shape index (κ3) is 1.99. The molecule has 0 atom stereocenters. The highest BCUT2D eigenvalue weighted by molar-refractivity contribution is 9.10. The summed E-state index contributed by atoms with van der Waals surface area (Å²) < 4.78 is 2.35. The Morgan fingerprint density at radius 3 is 2.75 bits per heavy atom. The lowest BCUT2D eigenvalue weighted by Crippen LogP contribution is -2.05. The van der Waals surface area contributed by atoms with Crippen molar-refractivity contribution in [2.45, 2.75) is 0 Å². The first kappa shape index (κ1) is 11.2. The van der Waals surface area contributed by atoms with Gasteiger partial charge in [-0.2, -0.15) is 0 Å². The molecule has 1 aromatic carbocycles. The molecule has 0 bridgehead atoms. The molecule has 0 aliphatic heterocycles. The molecule has 0 amide bonds. The Balaban J connectivity index is 2.54. The number of benzene rings is 1. The summed E-state index contributed by atoms with van der Waals surface area (Å²) in [5, 5.41) is 9.52. The van der Waals surface area contributed by atoms with E-state index in [1.54, 1.807) is 35.0 Å². The maximum absolute atomic E-state index is 10.9. The predicted molar refractivity (Wildman–Crippen MR) is 65.4 cm³/mol. The Hall–Kier alpha value is -1.26. The number of carboxylic acids is 1. The molecular weight excluding hydrogens is 293 g/mol. The molecule has 0 fully saturated rings. The number of aromatic nitrogens is 1. The van der Waals surface area contributed by atoms with Crippen LogP contribution in [0.25, 0.3) is 5.69 Å². The van der Waals surface area contributed by atoms with Gasteiger partial charge in [0, 0.05) is 16.4 Å². The van der Waals surface area contributed by atoms with E-state index in [9.17, 15) is 4.79 Å². The molecule has 16 heavy (non-hydrogen) atoms. The molecule has 0 aliphatic carbocycles. The third-order valence-electron chi connectivity index (χ3n) is 2.15. The second kappa shape index (κ2) is 4.31. The van der Waals surface area contributed by atoms with Gasteiger partial charge in [-0.05, 0) is 46.3 Å². The highest BCUT2D eigenvalue weighted by Crippen LogP contribution is 2.25. The van der Waals surface area contributed by atoms with Crippen LogP contribution in [0.3, 0.4) is 0 Å². The minimum absolute atomic E-state index is 0.207. The van der Waals surface area contributed by atoms with Gasteiger partial charge in [-0.25, -0.2) is 4.79 Å². The normalized spacial score (nSPS) is 10.4. The van der Waals surface area contributed by atoms with Crippen LogP contribution < -0.4 is 0 Å². The molecule has 0 radical (unpaired) electrons. The SMILES string of the molecule is O=C(O)c1cccn1-c1ccc(Br)c(Cl)c1. The van der Waals surface area contributed by atoms with Crippen LogP contribution in [-0.2, 0) is 0 Å². The molecule has 0 aliphatic rings. The van der Waals surface area contributed by atoms with E-state index >= 15 is 0 Å². The summed E-state index contributed by atoms with van der Waals surface area (Å²) in [5.41, 5.74) is 0.925. The summed E-state index contributed by atoms with van der Waals surface area (Å²) in [6.07, 6.45) is 1.68. The fourth-order valence-corrected chi connectivity index (χ4v) is 1.84. The summed E-state index contributed by atoms with van der Waals surface area (Å²) in [7, 11) is 0. The van der Waals surface area contributed by atoms with Crippen molar-refractivity contribution >= 4 is 33.5 Å². The van der Waals surface area contributed by atoms with Gasteiger partial charge in [-0.15, -0.1) is 0 Å². The van der Waals surface area contributed by atoms with Gasteiger partial charge >= 0.3 is 5.97 Å². The van der Waals surface area contributed by atoms with E-state index in [2.05, 4.69) is 15.9 Å². The van der Waals surface area contributed by atoms with Crippen molar-refractivity contribution in [1.29, 1.82) is 0 Å². The van der Waals surface area contributed by atoms with Crippen molar-refractivity contribution in [1.82, 2.24) is 4.57 Å². The topological polar surface area (TPSA) is 42.2 Å². The molecule has 1 heterocycles. The minimum Gasteiger partial charge on any atom is -0.477 e. The summed E-state index contributed by atoms with van der Waals surface area (Å²) in [5.74, 6) is -0.968. The number of aromatic carboxylic acids is 1. The second-order valence-electron chi connectivity index (χ2n) is 3.17. The number of hydrogen-bond acceptors (Lipinski definition) is 1. The van der Waals surface area contributed by atoms with Crippen LogP contribution >= 0.6 is 27.5 Å². The van der Waals surface area contributed by atoms with Gasteiger partial charge in [0.25, 0.3) is 0 Å². The molecule has 82 valence electrons. The van der Waals surface area contributed by atoms with E-state index in [1.807, 2.05) is 0 Å². The van der Waals surface area contributed by atoms with Gasteiger partial charge in [-0.1, -0.05) is 11.6 Å². The van der Waals surface area contributed by atoms with E-state index < -0.39 is 5.97 Å². The summed E-state index contributed by atoms with van der Waals surface area (Å²) in [6, 6.07) is 8.50. The lowest BCUT2D eigenvalue weighted by atomic mass is 10.3. The van der Waals surface area contributed by atoms with Gasteiger partial charge in [0.1, 0.15) is 5.69 Å². The number of carboxylic acid groups (broad SMARTS) is 1. The van der Waals surface area contributed by atoms with Crippen molar-refractivity contribution in [3.05, 3.63) is 51.7 Å². The van der Waals surface area contributed by atoms with Gasteiger partial charge in [0.2, 0.25) is 0 Å². The maximum Gasteiger partial charge on any atom is 0.352 e. The third-order valence-corrected chi connectivity index (χ3v) is 3.38. The molecule has 1 aromatic heterocycles. The zero-order valence-electron chi connectivity index (χ0n) is 8.02. The smallest absolute Gasteiger partial charge is 0.352 e. The molecule has 0 saturated heterocycles. The van der Waals surface area contributed by atoms with Gasteiger partial charge in [-0.3, -0.25) is 0 Å². The Morgan fingerprint density at radius 2 is 2.12 bits per heavy atom. The molecule has 3 nitrogen and oxygen atoms in total. The van der Waals surface area contributed by atoms with Gasteiger partial charge < -0.3 is 9.67 Å². The Kier molecular flexibility index (Phi) is 3.03. The van der Waals surface area contributed by atoms with Gasteiger partial charge in [0.15, 0.2) is 0 Å². The standard InChI is InChI=1S/C11H7BrClNO2/c12-8-4-3-7(6-9(8)13)14-5-1-2-10(14)11(15)16/h1-6H,(H,15,16). The fraction of sp³-hybridized carbons (Fsp3) is 0. The monoisotopic (exact) mass is 299 g/mol. The Labute approximate surface area is 105 Å². The second-order valence-corrected chi connectivity index (χ2v) is 4.43. The van der Waals surface area contributed by atoms with Crippen LogP contribution in [0.2, 0.25) is 5.02 Å². The van der Waals surface area contributed by atoms with Crippen molar-refractivity contribution in [2.24, 2.45) is 0 Å². The van der Waals surface area contributed by atoms with E-state index in [1.165, 1.54) is 6.07 Å². The zero-order chi connectivity index (χ0) is 11.7. The highest BCUT2D eigenvalue weighted by Gasteiger charge is 2.10. The van der Waals surface area contributed by atoms with E-state index in [-0.39, 0.29) is 5.69 Å². The van der Waals surface area contributed by atoms with Crippen LogP contribution in [0.4, 0.5) is 0 Å². The van der Waals surface area contributed by atoms with Crippen LogP contribution in [0.1, 0.15) is 10.5 Å². The van der Waals surface area contributed by atoms with Crippen LogP contribution in [0, 0.1) is 0 Å². The lowest BCUT2D eigenvalue weighted by molar-refractivity contribution is 0.0688. The van der Waals surface area contributed by atoms with Crippen molar-refractivity contribution < 1.29 is 9.90 Å². The van der Waals surface area contributed by atoms with Crippen LogP contribution in [0.15, 0.2) is 41.0 Å². The van der Waals surface area contributed by atoms with Gasteiger partial charge in [0.05, 0.1) is 5.02 Å². The number of nitrogens with zero attached hydrogens (tertiary/aromatic N) is 1. The van der Waals surface area contributed by atoms with Crippen molar-refractivity contribution in [2.75, 3.05) is 0 Å². The molecule has 2 rings (SSSR count). The van der Waals surface area contributed by atoms with Crippen molar-refractivity contribution in [3.8, 4) is 5.69 Å². The van der Waals surface area contributed by atoms with Crippen LogP contribution in [0.5, 0.6) is 0 Å². The highest BCUT2D eigenvalue weighted by atomic mass is 79.9. The molecule has 1 N–H and O–H groups in total. The zero-order valence-corrected chi connectivity index (χ0v) is 10.4. The minimum atomic E-state index is -0.968. The van der Waals surface area contributed by atoms with Crippen molar-refractivity contribution in [3.63, 3.8) is 0 Å². The first-order chi connectivity index (χ1) is 7.59. The summed E-state index contributed by atoms with van der Waals surface area (Å²) >= 11 is 9.24. The molecule has 0 spiro atoms. The maximum atomic E-state index is 10.9. The Morgan fingerprint density at radius 1 is 1.38 bits per heavy atom. The molecular formula is C11H7BrClNO2. The summed E-state index contributed by atoms with van der Waals surface area (Å²) in [4.78, 5) is 10.9. The predicted octanol–water partition coefficient (Wildman–Crippen LogP) is 3.59. The molecule has 5 heteroatoms. The number of rotatable bonds is 2. The first-order valence-corrected chi connectivity index (χ1v) is 5.63.